The van der Waals surface area contributed by atoms with Gasteiger partial charge in [0, 0.05) is 0 Å². The summed E-state index contributed by atoms with van der Waals surface area (Å²) in [5, 5.41) is 8.86. The van der Waals surface area contributed by atoms with Crippen molar-refractivity contribution in [3.63, 3.8) is 0 Å². The van der Waals surface area contributed by atoms with Crippen molar-refractivity contribution in [2.75, 3.05) is 0 Å². The highest BCUT2D eigenvalue weighted by atomic mass is 19.4. The van der Waals surface area contributed by atoms with Crippen LogP contribution in [-0.4, -0.2) is 28.9 Å². The van der Waals surface area contributed by atoms with E-state index in [4.69, 9.17) is 10.9 Å². The van der Waals surface area contributed by atoms with Crippen LogP contribution in [0.1, 0.15) is 0 Å². The highest BCUT2D eigenvalue weighted by Crippen LogP contribution is 2.35. The molecule has 1 aliphatic carbocycles. The van der Waals surface area contributed by atoms with Crippen molar-refractivity contribution in [3.05, 3.63) is 24.3 Å². The Kier molecular flexibility index (Phi) is 3.77. The molecule has 0 aliphatic heterocycles. The second-order valence-electron chi connectivity index (χ2n) is 3.37. The van der Waals surface area contributed by atoms with Crippen LogP contribution in [0.25, 0.3) is 0 Å². The molecule has 1 amide bonds. The summed E-state index contributed by atoms with van der Waals surface area (Å²) in [6, 6.07) is 0. The maximum atomic E-state index is 12.3. The van der Waals surface area contributed by atoms with E-state index in [1.54, 1.807) is 0 Å². The first-order chi connectivity index (χ1) is 8.23. The molecule has 0 aromatic rings. The summed E-state index contributed by atoms with van der Waals surface area (Å²) < 4.78 is 40.7. The number of nitrogens with two attached hydrogens (primary N) is 1. The zero-order valence-corrected chi connectivity index (χ0v) is 8.77. The van der Waals surface area contributed by atoms with Crippen LogP contribution in [-0.2, 0) is 14.3 Å². The van der Waals surface area contributed by atoms with Crippen LogP contribution < -0.4 is 11.3 Å². The van der Waals surface area contributed by atoms with E-state index in [-0.39, 0.29) is 0 Å². The fraction of sp³-hybridized carbons (Fsp3) is 0.333. The zero-order chi connectivity index (χ0) is 14.0. The predicted octanol–water partition coefficient (Wildman–Crippen LogP) is 0.0783. The number of alkyl halides is 3. The van der Waals surface area contributed by atoms with E-state index in [1.807, 2.05) is 0 Å². The van der Waals surface area contributed by atoms with Gasteiger partial charge in [-0.05, 0) is 6.08 Å². The molecule has 0 radical (unpaired) electrons. The molecule has 0 saturated carbocycles. The van der Waals surface area contributed by atoms with Gasteiger partial charge in [-0.25, -0.2) is 5.84 Å². The van der Waals surface area contributed by atoms with Gasteiger partial charge >= 0.3 is 12.3 Å². The van der Waals surface area contributed by atoms with Gasteiger partial charge in [0.05, 0.1) is 0 Å². The molecule has 0 saturated heterocycles. The molecular formula is C9H9F3N2O4. The van der Waals surface area contributed by atoms with Gasteiger partial charge in [-0.15, -0.1) is 13.2 Å². The number of aliphatic carboxylic acids is 1. The quantitative estimate of drug-likeness (QED) is 0.381. The van der Waals surface area contributed by atoms with Crippen LogP contribution in [0.4, 0.5) is 13.2 Å². The van der Waals surface area contributed by atoms with Gasteiger partial charge in [0.2, 0.25) is 0 Å². The Morgan fingerprint density at radius 2 is 2.00 bits per heavy atom. The molecule has 0 heterocycles. The lowest BCUT2D eigenvalue weighted by atomic mass is 9.83. The lowest BCUT2D eigenvalue weighted by molar-refractivity contribution is -0.355. The van der Waals surface area contributed by atoms with Gasteiger partial charge in [-0.2, -0.15) is 0 Å². The first-order valence-corrected chi connectivity index (χ1v) is 4.60. The molecule has 2 atom stereocenters. The number of allylic oxidation sites excluding steroid dienone is 2. The van der Waals surface area contributed by atoms with E-state index in [9.17, 15) is 22.8 Å². The smallest absolute Gasteiger partial charge is 0.481 e. The number of carbonyl (C=O) groups excluding carboxylic acids is 1. The average Bonchev–Trinajstić information content (AvgIpc) is 2.25. The number of carboxylic acids is 1. The number of hydrogen-bond donors (Lipinski definition) is 3. The number of hydrogen-bond acceptors (Lipinski definition) is 4. The molecule has 0 spiro atoms. The van der Waals surface area contributed by atoms with Gasteiger partial charge < -0.3 is 5.11 Å². The monoisotopic (exact) mass is 266 g/mol. The van der Waals surface area contributed by atoms with Gasteiger partial charge in [-0.3, -0.25) is 19.8 Å². The molecule has 100 valence electrons. The molecule has 0 aromatic carbocycles. The van der Waals surface area contributed by atoms with E-state index in [0.29, 0.717) is 6.08 Å². The minimum Gasteiger partial charge on any atom is -0.481 e. The summed E-state index contributed by atoms with van der Waals surface area (Å²) in [5.41, 5.74) is -1.29. The number of rotatable bonds is 3. The SMILES string of the molecule is NNC(=O)[C@@]1(OC(F)(F)F)C=CC=C[C@H]1C(=O)O. The third kappa shape index (κ3) is 2.68. The zero-order valence-electron chi connectivity index (χ0n) is 8.77. The second-order valence-corrected chi connectivity index (χ2v) is 3.37. The first-order valence-electron chi connectivity index (χ1n) is 4.60. The number of halogens is 3. The summed E-state index contributed by atoms with van der Waals surface area (Å²) in [4.78, 5) is 22.4. The molecular weight excluding hydrogens is 257 g/mol. The van der Waals surface area contributed by atoms with Crippen molar-refractivity contribution in [1.82, 2.24) is 5.43 Å². The van der Waals surface area contributed by atoms with Crippen LogP contribution >= 0.6 is 0 Å². The standard InChI is InChI=1S/C9H9F3N2O4/c10-9(11,12)18-8(7(17)14-13)4-2-1-3-5(8)6(15)16/h1-5H,13H2,(H,14,17)(H,15,16)/t5-,8+/m0/s1. The molecule has 9 heteroatoms. The Hall–Kier alpha value is -1.87. The van der Waals surface area contributed by atoms with Crippen molar-refractivity contribution in [2.45, 2.75) is 12.0 Å². The normalized spacial score (nSPS) is 27.0. The van der Waals surface area contributed by atoms with E-state index >= 15 is 0 Å². The molecule has 0 unspecified atom stereocenters. The van der Waals surface area contributed by atoms with Crippen LogP contribution in [0.5, 0.6) is 0 Å². The molecule has 4 N–H and O–H groups in total. The van der Waals surface area contributed by atoms with E-state index in [2.05, 4.69) is 4.74 Å². The highest BCUT2D eigenvalue weighted by Gasteiger charge is 2.54. The maximum Gasteiger partial charge on any atom is 0.523 e. The van der Waals surface area contributed by atoms with Crippen molar-refractivity contribution in [3.8, 4) is 0 Å². The largest absolute Gasteiger partial charge is 0.523 e. The van der Waals surface area contributed by atoms with Gasteiger partial charge in [0.25, 0.3) is 5.91 Å². The molecule has 1 aliphatic rings. The Balaban J connectivity index is 3.26. The average molecular weight is 266 g/mol. The van der Waals surface area contributed by atoms with Crippen molar-refractivity contribution < 1.29 is 32.6 Å². The number of hydrazine groups is 1. The molecule has 6 nitrogen and oxygen atoms in total. The number of nitrogens with one attached hydrogen (secondary N) is 1. The lowest BCUT2D eigenvalue weighted by Crippen LogP contribution is -2.58. The minimum atomic E-state index is -5.20. The Morgan fingerprint density at radius 1 is 1.39 bits per heavy atom. The summed E-state index contributed by atoms with van der Waals surface area (Å²) in [7, 11) is 0. The summed E-state index contributed by atoms with van der Waals surface area (Å²) in [6.07, 6.45) is -1.33. The maximum absolute atomic E-state index is 12.3. The predicted molar refractivity (Wildman–Crippen MR) is 51.6 cm³/mol. The first kappa shape index (κ1) is 14.2. The molecule has 0 aromatic heterocycles. The van der Waals surface area contributed by atoms with Crippen molar-refractivity contribution in [1.29, 1.82) is 0 Å². The van der Waals surface area contributed by atoms with Gasteiger partial charge in [-0.1, -0.05) is 18.2 Å². The van der Waals surface area contributed by atoms with Crippen LogP contribution in [0.3, 0.4) is 0 Å². The Labute approximate surface area is 98.9 Å². The van der Waals surface area contributed by atoms with E-state index in [1.165, 1.54) is 11.5 Å². The Bertz CT molecular complexity index is 419. The van der Waals surface area contributed by atoms with E-state index in [0.717, 1.165) is 12.2 Å². The van der Waals surface area contributed by atoms with Crippen LogP contribution in [0, 0.1) is 5.92 Å². The van der Waals surface area contributed by atoms with Crippen molar-refractivity contribution >= 4 is 11.9 Å². The minimum absolute atomic E-state index is 0.696. The molecule has 0 fully saturated rings. The van der Waals surface area contributed by atoms with E-state index < -0.39 is 29.8 Å². The summed E-state index contributed by atoms with van der Waals surface area (Å²) in [5.74, 6) is -0.128. The van der Waals surface area contributed by atoms with Gasteiger partial charge in [0.1, 0.15) is 5.92 Å². The van der Waals surface area contributed by atoms with Crippen LogP contribution in [0.15, 0.2) is 24.3 Å². The number of ether oxygens (including phenoxy) is 1. The molecule has 18 heavy (non-hydrogen) atoms. The Morgan fingerprint density at radius 3 is 2.44 bits per heavy atom. The second kappa shape index (κ2) is 4.78. The molecule has 1 rings (SSSR count). The van der Waals surface area contributed by atoms with Crippen LogP contribution in [0.2, 0.25) is 0 Å². The highest BCUT2D eigenvalue weighted by molar-refractivity contribution is 5.94. The lowest BCUT2D eigenvalue weighted by Gasteiger charge is -2.34. The van der Waals surface area contributed by atoms with Gasteiger partial charge in [0.15, 0.2) is 5.60 Å². The summed E-state index contributed by atoms with van der Waals surface area (Å²) in [6.45, 7) is 0. The fourth-order valence-corrected chi connectivity index (χ4v) is 1.55. The number of carboxylic acid groups (broad SMARTS) is 1. The third-order valence-corrected chi connectivity index (χ3v) is 2.26. The third-order valence-electron chi connectivity index (χ3n) is 2.26. The summed E-state index contributed by atoms with van der Waals surface area (Å²) >= 11 is 0. The number of carbonyl (C=O) groups is 2. The number of amides is 1. The fourth-order valence-electron chi connectivity index (χ4n) is 1.55. The molecule has 0 bridgehead atoms. The topological polar surface area (TPSA) is 102 Å². The van der Waals surface area contributed by atoms with Crippen molar-refractivity contribution in [2.24, 2.45) is 11.8 Å².